The first-order valence-corrected chi connectivity index (χ1v) is 11.9. The molecule has 1 aliphatic heterocycles. The number of hydrogen-bond donors (Lipinski definition) is 2. The molecule has 0 bridgehead atoms. The molecule has 3 aromatic heterocycles. The van der Waals surface area contributed by atoms with Gasteiger partial charge in [0.15, 0.2) is 5.65 Å². The van der Waals surface area contributed by atoms with Crippen LogP contribution in [-0.2, 0) is 0 Å². The van der Waals surface area contributed by atoms with Crippen LogP contribution in [0.3, 0.4) is 0 Å². The maximum absolute atomic E-state index is 12.2. The molecule has 3 N–H and O–H groups in total. The highest BCUT2D eigenvalue weighted by atomic mass is 16.2. The van der Waals surface area contributed by atoms with Crippen LogP contribution in [0.5, 0.6) is 0 Å². The van der Waals surface area contributed by atoms with Gasteiger partial charge < -0.3 is 16.0 Å². The molecule has 0 spiro atoms. The lowest BCUT2D eigenvalue weighted by molar-refractivity contribution is 0.181. The number of fused-ring (bicyclic) bond motifs is 1. The molecule has 8 nitrogen and oxygen atoms in total. The summed E-state index contributed by atoms with van der Waals surface area (Å²) in [5.41, 5.74) is 12.7. The van der Waals surface area contributed by atoms with Crippen LogP contribution >= 0.6 is 0 Å². The lowest BCUT2D eigenvalue weighted by atomic mass is 9.90. The molecule has 1 aliphatic rings. The van der Waals surface area contributed by atoms with Crippen LogP contribution in [0, 0.1) is 0 Å². The third-order valence-corrected chi connectivity index (χ3v) is 6.60. The van der Waals surface area contributed by atoms with Gasteiger partial charge >= 0.3 is 6.03 Å². The first kappa shape index (κ1) is 22.6. The average molecular weight is 468 g/mol. The summed E-state index contributed by atoms with van der Waals surface area (Å²) in [5.74, 6) is 0.702. The van der Waals surface area contributed by atoms with Gasteiger partial charge in [-0.25, -0.2) is 9.78 Å². The Morgan fingerprint density at radius 1 is 1.14 bits per heavy atom. The molecule has 2 amide bonds. The van der Waals surface area contributed by atoms with E-state index in [0.717, 1.165) is 46.5 Å². The molecule has 35 heavy (non-hydrogen) atoms. The Hall–Kier alpha value is -4.20. The third-order valence-electron chi connectivity index (χ3n) is 6.60. The van der Waals surface area contributed by atoms with Crippen LogP contribution in [0.2, 0.25) is 0 Å². The summed E-state index contributed by atoms with van der Waals surface area (Å²) >= 11 is 0. The van der Waals surface area contributed by atoms with Crippen molar-refractivity contribution in [1.29, 1.82) is 0 Å². The molecule has 4 heterocycles. The molecular formula is C27H29N7O. The van der Waals surface area contributed by atoms with E-state index in [9.17, 15) is 4.79 Å². The molecule has 1 fully saturated rings. The summed E-state index contributed by atoms with van der Waals surface area (Å²) < 4.78 is 1.67. The lowest BCUT2D eigenvalue weighted by Crippen LogP contribution is -2.44. The highest BCUT2D eigenvalue weighted by molar-refractivity contribution is 5.80. The van der Waals surface area contributed by atoms with Crippen LogP contribution in [0.15, 0.2) is 61.4 Å². The molecule has 4 aromatic rings. The third kappa shape index (κ3) is 4.23. The Kier molecular flexibility index (Phi) is 6.18. The fourth-order valence-corrected chi connectivity index (χ4v) is 4.72. The molecule has 0 radical (unpaired) electrons. The SMILES string of the molecule is C=Cc1c(C2CCN(C(=O)NCC)CC2)nc2c(-c3ccc(-c4ccccc4)nc3)cnn2c1N. The standard InChI is InChI=1S/C27H29N7O/c1-3-21-24(19-12-14-33(15-13-19)27(35)29-4-2)32-26-22(17-31-34(26)25(21)28)20-10-11-23(30-16-20)18-8-6-5-7-9-18/h3,5-11,16-17,19H,1,4,12-15,28H2,2H3,(H,29,35). The van der Waals surface area contributed by atoms with E-state index in [0.29, 0.717) is 31.1 Å². The number of piperidine rings is 1. The van der Waals surface area contributed by atoms with Crippen molar-refractivity contribution in [3.63, 3.8) is 0 Å². The zero-order chi connectivity index (χ0) is 24.4. The van der Waals surface area contributed by atoms with Crippen molar-refractivity contribution in [1.82, 2.24) is 29.8 Å². The molecule has 5 rings (SSSR count). The number of urea groups is 1. The summed E-state index contributed by atoms with van der Waals surface area (Å²) in [4.78, 5) is 23.8. The Labute approximate surface area is 204 Å². The van der Waals surface area contributed by atoms with E-state index >= 15 is 0 Å². The lowest BCUT2D eigenvalue weighted by Gasteiger charge is -2.32. The van der Waals surface area contributed by atoms with Crippen molar-refractivity contribution in [2.45, 2.75) is 25.7 Å². The number of rotatable bonds is 5. The number of benzene rings is 1. The summed E-state index contributed by atoms with van der Waals surface area (Å²) in [5, 5.41) is 7.40. The van der Waals surface area contributed by atoms with Crippen LogP contribution in [0.25, 0.3) is 34.1 Å². The van der Waals surface area contributed by atoms with Crippen molar-refractivity contribution in [2.24, 2.45) is 0 Å². The average Bonchev–Trinajstić information content (AvgIpc) is 3.34. The molecule has 0 saturated carbocycles. The maximum Gasteiger partial charge on any atom is 0.317 e. The topological polar surface area (TPSA) is 101 Å². The van der Waals surface area contributed by atoms with Gasteiger partial charge in [-0.15, -0.1) is 0 Å². The molecule has 1 aromatic carbocycles. The number of nitrogen functional groups attached to an aromatic ring is 1. The Morgan fingerprint density at radius 3 is 2.57 bits per heavy atom. The second-order valence-electron chi connectivity index (χ2n) is 8.69. The smallest absolute Gasteiger partial charge is 0.317 e. The predicted molar refractivity (Wildman–Crippen MR) is 139 cm³/mol. The second kappa shape index (κ2) is 9.58. The number of nitrogens with one attached hydrogen (secondary N) is 1. The van der Waals surface area contributed by atoms with Gasteiger partial charge in [-0.1, -0.05) is 49.1 Å². The first-order chi connectivity index (χ1) is 17.1. The quantitative estimate of drug-likeness (QED) is 0.447. The molecular weight excluding hydrogens is 438 g/mol. The van der Waals surface area contributed by atoms with Crippen LogP contribution in [0.4, 0.5) is 10.6 Å². The van der Waals surface area contributed by atoms with E-state index in [1.807, 2.05) is 60.5 Å². The van der Waals surface area contributed by atoms with E-state index in [4.69, 9.17) is 10.7 Å². The number of carbonyl (C=O) groups excluding carboxylic acids is 1. The second-order valence-corrected chi connectivity index (χ2v) is 8.69. The zero-order valence-corrected chi connectivity index (χ0v) is 19.8. The highest BCUT2D eigenvalue weighted by Crippen LogP contribution is 2.35. The van der Waals surface area contributed by atoms with Crippen molar-refractivity contribution >= 4 is 23.6 Å². The summed E-state index contributed by atoms with van der Waals surface area (Å²) in [7, 11) is 0. The molecule has 8 heteroatoms. The van der Waals surface area contributed by atoms with E-state index in [2.05, 4.69) is 22.0 Å². The van der Waals surface area contributed by atoms with Crippen molar-refractivity contribution < 1.29 is 4.79 Å². The van der Waals surface area contributed by atoms with Gasteiger partial charge in [-0.05, 0) is 25.8 Å². The summed E-state index contributed by atoms with van der Waals surface area (Å²) in [6.45, 7) is 7.89. The summed E-state index contributed by atoms with van der Waals surface area (Å²) in [6.07, 6.45) is 7.02. The number of hydrogen-bond acceptors (Lipinski definition) is 5. The number of pyridine rings is 1. The maximum atomic E-state index is 12.2. The van der Waals surface area contributed by atoms with E-state index < -0.39 is 0 Å². The fourth-order valence-electron chi connectivity index (χ4n) is 4.72. The molecule has 1 saturated heterocycles. The van der Waals surface area contributed by atoms with E-state index in [-0.39, 0.29) is 11.9 Å². The van der Waals surface area contributed by atoms with Gasteiger partial charge in [0.2, 0.25) is 0 Å². The van der Waals surface area contributed by atoms with Gasteiger partial charge in [-0.2, -0.15) is 9.61 Å². The molecule has 0 unspecified atom stereocenters. The van der Waals surface area contributed by atoms with Gasteiger partial charge in [-0.3, -0.25) is 4.98 Å². The minimum absolute atomic E-state index is 0.0117. The van der Waals surface area contributed by atoms with Crippen LogP contribution in [-0.4, -0.2) is 50.1 Å². The van der Waals surface area contributed by atoms with E-state index in [1.54, 1.807) is 16.8 Å². The molecule has 0 atom stereocenters. The van der Waals surface area contributed by atoms with Gasteiger partial charge in [0, 0.05) is 54.0 Å². The van der Waals surface area contributed by atoms with E-state index in [1.165, 1.54) is 0 Å². The number of carbonyl (C=O) groups is 1. The minimum atomic E-state index is -0.0117. The minimum Gasteiger partial charge on any atom is -0.383 e. The number of nitrogens with two attached hydrogens (primary N) is 1. The van der Waals surface area contributed by atoms with Crippen LogP contribution < -0.4 is 11.1 Å². The van der Waals surface area contributed by atoms with Crippen molar-refractivity contribution in [2.75, 3.05) is 25.4 Å². The Morgan fingerprint density at radius 2 is 1.91 bits per heavy atom. The zero-order valence-electron chi connectivity index (χ0n) is 19.8. The Balaban J connectivity index is 1.48. The van der Waals surface area contributed by atoms with Gasteiger partial charge in [0.25, 0.3) is 0 Å². The monoisotopic (exact) mass is 467 g/mol. The van der Waals surface area contributed by atoms with Crippen molar-refractivity contribution in [3.05, 3.63) is 72.7 Å². The fraction of sp³-hybridized carbons (Fsp3) is 0.259. The Bertz CT molecular complexity index is 1350. The number of anilines is 1. The first-order valence-electron chi connectivity index (χ1n) is 11.9. The highest BCUT2D eigenvalue weighted by Gasteiger charge is 2.28. The van der Waals surface area contributed by atoms with Gasteiger partial charge in [0.05, 0.1) is 17.6 Å². The normalized spacial score (nSPS) is 14.3. The number of aromatic nitrogens is 4. The number of amides is 2. The predicted octanol–water partition coefficient (Wildman–Crippen LogP) is 4.59. The summed E-state index contributed by atoms with van der Waals surface area (Å²) in [6, 6.07) is 14.1. The number of nitrogens with zero attached hydrogens (tertiary/aromatic N) is 5. The van der Waals surface area contributed by atoms with Gasteiger partial charge in [0.1, 0.15) is 5.82 Å². The molecule has 178 valence electrons. The number of likely N-dealkylation sites (tertiary alicyclic amines) is 1. The van der Waals surface area contributed by atoms with Crippen molar-refractivity contribution in [3.8, 4) is 22.4 Å². The molecule has 0 aliphatic carbocycles. The van der Waals surface area contributed by atoms with Crippen LogP contribution in [0.1, 0.15) is 36.9 Å². The largest absolute Gasteiger partial charge is 0.383 e.